The maximum atomic E-state index is 13.5. The maximum absolute atomic E-state index is 13.5. The molecule has 1 heterocycles. The summed E-state index contributed by atoms with van der Waals surface area (Å²) in [4.78, 5) is 12.9. The van der Waals surface area contributed by atoms with Crippen molar-refractivity contribution in [3.05, 3.63) is 77.9 Å². The minimum Gasteiger partial charge on any atom is -0.494 e. The molecule has 0 fully saturated rings. The summed E-state index contributed by atoms with van der Waals surface area (Å²) in [6.07, 6.45) is 0. The van der Waals surface area contributed by atoms with Crippen LogP contribution in [0.5, 0.6) is 17.2 Å². The van der Waals surface area contributed by atoms with Gasteiger partial charge in [0.15, 0.2) is 11.5 Å². The smallest absolute Gasteiger partial charge is 0.264 e. The van der Waals surface area contributed by atoms with E-state index in [9.17, 15) is 13.2 Å². The van der Waals surface area contributed by atoms with E-state index in [1.807, 2.05) is 19.9 Å². The van der Waals surface area contributed by atoms with E-state index in [0.29, 0.717) is 29.5 Å². The van der Waals surface area contributed by atoms with Gasteiger partial charge >= 0.3 is 0 Å². The average molecular weight is 483 g/mol. The van der Waals surface area contributed by atoms with Crippen LogP contribution in [0.4, 0.5) is 5.69 Å². The molecular weight excluding hydrogens is 456 g/mol. The fourth-order valence-electron chi connectivity index (χ4n) is 3.47. The number of hydrogen-bond donors (Lipinski definition) is 1. The van der Waals surface area contributed by atoms with Crippen LogP contribution in [0.3, 0.4) is 0 Å². The van der Waals surface area contributed by atoms with E-state index in [0.717, 1.165) is 15.4 Å². The number of amides is 1. The van der Waals surface area contributed by atoms with Crippen molar-refractivity contribution in [3.63, 3.8) is 0 Å². The van der Waals surface area contributed by atoms with Crippen LogP contribution in [0.2, 0.25) is 0 Å². The van der Waals surface area contributed by atoms with E-state index in [1.54, 1.807) is 48.5 Å². The van der Waals surface area contributed by atoms with Gasteiger partial charge in [-0.15, -0.1) is 0 Å². The van der Waals surface area contributed by atoms with E-state index in [2.05, 4.69) is 5.32 Å². The van der Waals surface area contributed by atoms with E-state index in [4.69, 9.17) is 14.2 Å². The van der Waals surface area contributed by atoms with Gasteiger partial charge in [-0.1, -0.05) is 23.8 Å². The highest BCUT2D eigenvalue weighted by Crippen LogP contribution is 2.32. The van der Waals surface area contributed by atoms with E-state index in [1.165, 1.54) is 12.1 Å². The molecule has 1 aliphatic rings. The van der Waals surface area contributed by atoms with Gasteiger partial charge in [0.05, 0.1) is 17.2 Å². The van der Waals surface area contributed by atoms with Gasteiger partial charge in [-0.2, -0.15) is 0 Å². The third kappa shape index (κ3) is 5.26. The largest absolute Gasteiger partial charge is 0.494 e. The first kappa shape index (κ1) is 23.4. The van der Waals surface area contributed by atoms with Crippen molar-refractivity contribution in [1.29, 1.82) is 0 Å². The Balaban J connectivity index is 1.53. The molecule has 0 atom stereocenters. The first-order chi connectivity index (χ1) is 16.4. The van der Waals surface area contributed by atoms with E-state index in [-0.39, 0.29) is 24.8 Å². The molecule has 0 aromatic heterocycles. The molecule has 0 aliphatic carbocycles. The second-order valence-electron chi connectivity index (χ2n) is 7.72. The summed E-state index contributed by atoms with van der Waals surface area (Å²) in [5.74, 6) is 1.41. The summed E-state index contributed by atoms with van der Waals surface area (Å²) in [7, 11) is -4.00. The first-order valence-corrected chi connectivity index (χ1v) is 12.3. The van der Waals surface area contributed by atoms with Crippen LogP contribution in [-0.2, 0) is 21.4 Å². The topological polar surface area (TPSA) is 94.2 Å². The molecule has 0 saturated heterocycles. The zero-order valence-electron chi connectivity index (χ0n) is 19.0. The van der Waals surface area contributed by atoms with Crippen molar-refractivity contribution < 1.29 is 27.4 Å². The Bertz CT molecular complexity index is 1260. The first-order valence-electron chi connectivity index (χ1n) is 10.8. The SMILES string of the molecule is CCOc1ccc(S(=O)(=O)N(CC(=O)NCc2ccc3c(c2)OCO3)c2ccc(C)cc2)cc1. The number of rotatable bonds is 9. The van der Waals surface area contributed by atoms with Crippen LogP contribution in [0.1, 0.15) is 18.1 Å². The predicted molar refractivity (Wildman–Crippen MR) is 128 cm³/mol. The van der Waals surface area contributed by atoms with Crippen LogP contribution in [0.25, 0.3) is 0 Å². The Morgan fingerprint density at radius 3 is 2.41 bits per heavy atom. The lowest BCUT2D eigenvalue weighted by atomic mass is 10.2. The van der Waals surface area contributed by atoms with Crippen molar-refractivity contribution in [2.75, 3.05) is 24.2 Å². The van der Waals surface area contributed by atoms with Gasteiger partial charge in [-0.25, -0.2) is 8.42 Å². The lowest BCUT2D eigenvalue weighted by Crippen LogP contribution is -2.40. The summed E-state index contributed by atoms with van der Waals surface area (Å²) >= 11 is 0. The number of aryl methyl sites for hydroxylation is 1. The molecule has 0 radical (unpaired) electrons. The van der Waals surface area contributed by atoms with Gasteiger partial charge in [-0.05, 0) is 67.9 Å². The number of ether oxygens (including phenoxy) is 3. The van der Waals surface area contributed by atoms with Gasteiger partial charge in [0.1, 0.15) is 12.3 Å². The second-order valence-corrected chi connectivity index (χ2v) is 9.58. The molecule has 34 heavy (non-hydrogen) atoms. The van der Waals surface area contributed by atoms with Crippen LogP contribution < -0.4 is 23.8 Å². The zero-order chi connectivity index (χ0) is 24.1. The number of carbonyl (C=O) groups excluding carboxylic acids is 1. The van der Waals surface area contributed by atoms with Gasteiger partial charge in [-0.3, -0.25) is 9.10 Å². The number of fused-ring (bicyclic) bond motifs is 1. The molecule has 1 N–H and O–H groups in total. The van der Waals surface area contributed by atoms with Crippen LogP contribution in [0.15, 0.2) is 71.6 Å². The predicted octanol–water partition coefficient (Wildman–Crippen LogP) is 3.63. The lowest BCUT2D eigenvalue weighted by molar-refractivity contribution is -0.119. The molecule has 1 amide bonds. The monoisotopic (exact) mass is 482 g/mol. The minimum atomic E-state index is -4.00. The van der Waals surface area contributed by atoms with Crippen molar-refractivity contribution >= 4 is 21.6 Å². The number of hydrogen-bond acceptors (Lipinski definition) is 6. The van der Waals surface area contributed by atoms with Gasteiger partial charge in [0.2, 0.25) is 12.7 Å². The number of benzene rings is 3. The molecule has 8 nitrogen and oxygen atoms in total. The Kier molecular flexibility index (Phi) is 6.93. The lowest BCUT2D eigenvalue weighted by Gasteiger charge is -2.24. The molecule has 0 saturated carbocycles. The minimum absolute atomic E-state index is 0.0695. The van der Waals surface area contributed by atoms with Gasteiger partial charge in [0.25, 0.3) is 10.0 Å². The summed E-state index contributed by atoms with van der Waals surface area (Å²) in [6.45, 7) is 4.26. The quantitative estimate of drug-likeness (QED) is 0.501. The molecule has 1 aliphatic heterocycles. The van der Waals surface area contributed by atoms with Crippen molar-refractivity contribution in [3.8, 4) is 17.2 Å². The van der Waals surface area contributed by atoms with Gasteiger partial charge in [0, 0.05) is 6.54 Å². The molecule has 0 unspecified atom stereocenters. The Hall–Kier alpha value is -3.72. The van der Waals surface area contributed by atoms with Crippen LogP contribution >= 0.6 is 0 Å². The highest BCUT2D eigenvalue weighted by molar-refractivity contribution is 7.92. The Morgan fingerprint density at radius 2 is 1.71 bits per heavy atom. The third-order valence-corrected chi connectivity index (χ3v) is 7.05. The molecule has 0 spiro atoms. The van der Waals surface area contributed by atoms with E-state index >= 15 is 0 Å². The third-order valence-electron chi connectivity index (χ3n) is 5.26. The fraction of sp³-hybridized carbons (Fsp3) is 0.240. The van der Waals surface area contributed by atoms with Crippen molar-refractivity contribution in [1.82, 2.24) is 5.32 Å². The van der Waals surface area contributed by atoms with Crippen molar-refractivity contribution in [2.45, 2.75) is 25.3 Å². The molecule has 3 aromatic carbocycles. The second kappa shape index (κ2) is 10.0. The summed E-state index contributed by atoms with van der Waals surface area (Å²) in [5, 5.41) is 2.79. The normalized spacial score (nSPS) is 12.3. The van der Waals surface area contributed by atoms with E-state index < -0.39 is 15.9 Å². The highest BCUT2D eigenvalue weighted by atomic mass is 32.2. The Labute approximate surface area is 199 Å². The Morgan fingerprint density at radius 1 is 1.00 bits per heavy atom. The fourth-order valence-corrected chi connectivity index (χ4v) is 4.89. The standard InChI is InChI=1S/C25H26N2O6S/c1-3-31-21-9-11-22(12-10-21)34(29,30)27(20-7-4-18(2)5-8-20)16-25(28)26-15-19-6-13-23-24(14-19)33-17-32-23/h4-14H,3,15-17H2,1-2H3,(H,26,28). The number of carbonyl (C=O) groups is 1. The zero-order valence-corrected chi connectivity index (χ0v) is 19.8. The number of anilines is 1. The van der Waals surface area contributed by atoms with Crippen LogP contribution in [-0.4, -0.2) is 34.3 Å². The summed E-state index contributed by atoms with van der Waals surface area (Å²) in [5.41, 5.74) is 2.20. The number of nitrogens with one attached hydrogen (secondary N) is 1. The number of nitrogens with zero attached hydrogens (tertiary/aromatic N) is 1. The van der Waals surface area contributed by atoms with Crippen LogP contribution in [0, 0.1) is 6.92 Å². The summed E-state index contributed by atoms with van der Waals surface area (Å²) in [6, 6.07) is 18.5. The van der Waals surface area contributed by atoms with Gasteiger partial charge < -0.3 is 19.5 Å². The maximum Gasteiger partial charge on any atom is 0.264 e. The molecule has 9 heteroatoms. The number of sulfonamides is 1. The summed E-state index contributed by atoms with van der Waals surface area (Å²) < 4.78 is 44.2. The average Bonchev–Trinajstić information content (AvgIpc) is 3.30. The molecule has 3 aromatic rings. The molecule has 4 rings (SSSR count). The molecular formula is C25H26N2O6S. The molecule has 178 valence electrons. The molecule has 0 bridgehead atoms. The van der Waals surface area contributed by atoms with Crippen molar-refractivity contribution in [2.24, 2.45) is 0 Å². The highest BCUT2D eigenvalue weighted by Gasteiger charge is 2.27.